The van der Waals surface area contributed by atoms with Crippen molar-refractivity contribution in [3.8, 4) is 22.7 Å². The number of aromatic amines is 1. The van der Waals surface area contributed by atoms with Crippen LogP contribution in [0.5, 0.6) is 5.75 Å². The van der Waals surface area contributed by atoms with Gasteiger partial charge >= 0.3 is 0 Å². The Morgan fingerprint density at radius 3 is 2.50 bits per heavy atom. The van der Waals surface area contributed by atoms with Gasteiger partial charge in [-0.3, -0.25) is 14.3 Å². The van der Waals surface area contributed by atoms with E-state index in [0.717, 1.165) is 5.56 Å². The monoisotopic (exact) mass is 425 g/mol. The minimum absolute atomic E-state index is 0.0812. The lowest BCUT2D eigenvalue weighted by Crippen LogP contribution is -2.17. The Morgan fingerprint density at radius 1 is 1.13 bits per heavy atom. The fraction of sp³-hybridized carbons (Fsp3) is 0.136. The van der Waals surface area contributed by atoms with E-state index in [1.54, 1.807) is 37.4 Å². The van der Waals surface area contributed by atoms with Gasteiger partial charge in [-0.05, 0) is 67.2 Å². The maximum absolute atomic E-state index is 14.0. The molecule has 5 nitrogen and oxygen atoms in total. The zero-order chi connectivity index (χ0) is 21.4. The van der Waals surface area contributed by atoms with Crippen LogP contribution >= 0.6 is 12.2 Å². The van der Waals surface area contributed by atoms with Crippen LogP contribution in [0.3, 0.4) is 0 Å². The molecule has 2 heterocycles. The van der Waals surface area contributed by atoms with E-state index in [-0.39, 0.29) is 15.8 Å². The summed E-state index contributed by atoms with van der Waals surface area (Å²) in [7, 11) is 1.54. The van der Waals surface area contributed by atoms with E-state index in [4.69, 9.17) is 17.0 Å². The highest BCUT2D eigenvalue weighted by atomic mass is 32.1. The third kappa shape index (κ3) is 3.50. The van der Waals surface area contributed by atoms with E-state index >= 15 is 0 Å². The van der Waals surface area contributed by atoms with Crippen LogP contribution in [-0.4, -0.2) is 21.6 Å². The van der Waals surface area contributed by atoms with Crippen molar-refractivity contribution < 1.29 is 13.5 Å². The molecular formula is C22H17F2N3O2S. The Balaban J connectivity index is 2.11. The van der Waals surface area contributed by atoms with Gasteiger partial charge in [0.1, 0.15) is 5.75 Å². The second-order valence-corrected chi connectivity index (χ2v) is 7.14. The first-order valence-corrected chi connectivity index (χ1v) is 9.49. The van der Waals surface area contributed by atoms with Gasteiger partial charge in [-0.1, -0.05) is 12.1 Å². The summed E-state index contributed by atoms with van der Waals surface area (Å²) in [6.07, 6.45) is -2.87. The number of aryl methyl sites for hydroxylation is 1. The van der Waals surface area contributed by atoms with Gasteiger partial charge in [0.25, 0.3) is 12.0 Å². The zero-order valence-electron chi connectivity index (χ0n) is 16.1. The first-order valence-electron chi connectivity index (χ1n) is 9.08. The number of alkyl halides is 2. The van der Waals surface area contributed by atoms with Crippen molar-refractivity contribution in [3.05, 3.63) is 80.8 Å². The summed E-state index contributed by atoms with van der Waals surface area (Å²) >= 11 is 5.36. The number of hydrogen-bond acceptors (Lipinski definition) is 4. The lowest BCUT2D eigenvalue weighted by atomic mass is 10.1. The lowest BCUT2D eigenvalue weighted by Gasteiger charge is -2.15. The maximum Gasteiger partial charge on any atom is 0.264 e. The van der Waals surface area contributed by atoms with Crippen LogP contribution in [0, 0.1) is 11.7 Å². The van der Waals surface area contributed by atoms with Gasteiger partial charge in [0.15, 0.2) is 10.4 Å². The molecule has 4 aromatic rings. The van der Waals surface area contributed by atoms with Gasteiger partial charge in [-0.25, -0.2) is 13.8 Å². The van der Waals surface area contributed by atoms with E-state index in [0.29, 0.717) is 22.7 Å². The minimum atomic E-state index is -2.87. The summed E-state index contributed by atoms with van der Waals surface area (Å²) in [5.74, 6) is 0.632. The normalized spacial score (nSPS) is 11.2. The van der Waals surface area contributed by atoms with E-state index in [9.17, 15) is 13.6 Å². The largest absolute Gasteiger partial charge is 0.497 e. The van der Waals surface area contributed by atoms with E-state index in [2.05, 4.69) is 9.97 Å². The van der Waals surface area contributed by atoms with Crippen LogP contribution < -0.4 is 10.3 Å². The van der Waals surface area contributed by atoms with Crippen LogP contribution in [0.15, 0.2) is 59.4 Å². The number of aromatic nitrogens is 3. The number of nitrogens with zero attached hydrogens (tertiary/aromatic N) is 2. The number of rotatable bonds is 4. The molecule has 0 saturated heterocycles. The van der Waals surface area contributed by atoms with Gasteiger partial charge in [-0.2, -0.15) is 0 Å². The third-order valence-electron chi connectivity index (χ3n) is 4.77. The number of hydrogen-bond donors (Lipinski definition) is 1. The Bertz CT molecular complexity index is 1360. The molecular weight excluding hydrogens is 408 g/mol. The molecule has 0 saturated carbocycles. The summed E-state index contributed by atoms with van der Waals surface area (Å²) in [5.41, 5.74) is 1.49. The highest BCUT2D eigenvalue weighted by Gasteiger charge is 2.21. The predicted molar refractivity (Wildman–Crippen MR) is 114 cm³/mol. The number of benzene rings is 2. The third-order valence-corrected chi connectivity index (χ3v) is 5.06. The average Bonchev–Trinajstić information content (AvgIpc) is 2.73. The predicted octanol–water partition coefficient (Wildman–Crippen LogP) is 5.36. The molecule has 152 valence electrons. The first kappa shape index (κ1) is 19.9. The van der Waals surface area contributed by atoms with Crippen molar-refractivity contribution in [1.29, 1.82) is 0 Å². The Kier molecular flexibility index (Phi) is 5.17. The first-order chi connectivity index (χ1) is 14.4. The van der Waals surface area contributed by atoms with Crippen molar-refractivity contribution in [1.82, 2.24) is 14.5 Å². The van der Waals surface area contributed by atoms with Crippen molar-refractivity contribution in [2.75, 3.05) is 7.11 Å². The smallest absolute Gasteiger partial charge is 0.264 e. The van der Waals surface area contributed by atoms with Gasteiger partial charge in [-0.15, -0.1) is 0 Å². The summed E-state index contributed by atoms with van der Waals surface area (Å²) in [6, 6.07) is 15.5. The molecule has 0 atom stereocenters. The maximum atomic E-state index is 14.0. The van der Waals surface area contributed by atoms with E-state index < -0.39 is 17.5 Å². The molecule has 0 amide bonds. The van der Waals surface area contributed by atoms with Crippen LogP contribution in [0.2, 0.25) is 0 Å². The number of fused-ring (bicyclic) bond motifs is 1. The number of halogens is 2. The number of methoxy groups -OCH3 is 1. The zero-order valence-corrected chi connectivity index (χ0v) is 17.0. The van der Waals surface area contributed by atoms with E-state index in [1.807, 2.05) is 25.1 Å². The molecule has 0 spiro atoms. The molecule has 0 unspecified atom stereocenters. The molecule has 0 fully saturated rings. The minimum Gasteiger partial charge on any atom is -0.497 e. The standard InChI is InChI=1S/C22H17F2N3O2S/c1-12-4-3-5-14(10-12)27-20-18(21(28)26-22(27)30)16(19(23)24)11-17(25-20)13-6-8-15(29-2)9-7-13/h3-11,19H,1-2H3,(H,26,28,30). The molecule has 2 aromatic heterocycles. The van der Waals surface area contributed by atoms with Gasteiger partial charge in [0, 0.05) is 11.1 Å². The van der Waals surface area contributed by atoms with Gasteiger partial charge in [0.05, 0.1) is 23.9 Å². The quantitative estimate of drug-likeness (QED) is 0.447. The Hall–Kier alpha value is -3.39. The van der Waals surface area contributed by atoms with Crippen LogP contribution in [0.1, 0.15) is 17.6 Å². The average molecular weight is 425 g/mol. The van der Waals surface area contributed by atoms with E-state index in [1.165, 1.54) is 10.6 Å². The molecule has 0 bridgehead atoms. The molecule has 1 N–H and O–H groups in total. The van der Waals surface area contributed by atoms with Crippen molar-refractivity contribution >= 4 is 23.3 Å². The molecule has 0 aliphatic heterocycles. The summed E-state index contributed by atoms with van der Waals surface area (Å²) in [5, 5.41) is -0.183. The number of ether oxygens (including phenoxy) is 1. The Labute approximate surface area is 175 Å². The van der Waals surface area contributed by atoms with Crippen molar-refractivity contribution in [2.24, 2.45) is 0 Å². The molecule has 0 aliphatic carbocycles. The van der Waals surface area contributed by atoms with Gasteiger partial charge in [0.2, 0.25) is 0 Å². The lowest BCUT2D eigenvalue weighted by molar-refractivity contribution is 0.153. The number of pyridine rings is 1. The topological polar surface area (TPSA) is 59.9 Å². The number of nitrogens with one attached hydrogen (secondary N) is 1. The molecule has 2 aromatic carbocycles. The molecule has 4 rings (SSSR count). The van der Waals surface area contributed by atoms with Crippen molar-refractivity contribution in [3.63, 3.8) is 0 Å². The molecule has 0 aliphatic rings. The fourth-order valence-electron chi connectivity index (χ4n) is 3.35. The van der Waals surface area contributed by atoms with Crippen molar-refractivity contribution in [2.45, 2.75) is 13.3 Å². The number of H-pyrrole nitrogens is 1. The van der Waals surface area contributed by atoms with Gasteiger partial charge < -0.3 is 4.74 Å². The second kappa shape index (κ2) is 7.79. The summed E-state index contributed by atoms with van der Waals surface area (Å²) in [4.78, 5) is 19.7. The highest BCUT2D eigenvalue weighted by molar-refractivity contribution is 7.71. The second-order valence-electron chi connectivity index (χ2n) is 6.76. The summed E-state index contributed by atoms with van der Waals surface area (Å²) < 4.78 is 34.7. The molecule has 8 heteroatoms. The SMILES string of the molecule is COc1ccc(-c2cc(C(F)F)c3c(=O)[nH]c(=S)n(-c4cccc(C)c4)c3n2)cc1. The highest BCUT2D eigenvalue weighted by Crippen LogP contribution is 2.31. The molecule has 0 radical (unpaired) electrons. The molecule has 30 heavy (non-hydrogen) atoms. The van der Waals surface area contributed by atoms with Crippen LogP contribution in [-0.2, 0) is 0 Å². The van der Waals surface area contributed by atoms with Crippen LogP contribution in [0.4, 0.5) is 8.78 Å². The van der Waals surface area contributed by atoms with Crippen LogP contribution in [0.25, 0.3) is 28.0 Å². The Morgan fingerprint density at radius 2 is 1.87 bits per heavy atom. The fourth-order valence-corrected chi connectivity index (χ4v) is 3.63. The summed E-state index contributed by atoms with van der Waals surface area (Å²) in [6.45, 7) is 1.90.